The van der Waals surface area contributed by atoms with E-state index in [1.807, 2.05) is 25.4 Å². The molecule has 0 aliphatic carbocycles. The van der Waals surface area contributed by atoms with Crippen molar-refractivity contribution in [2.24, 2.45) is 7.05 Å². The molecule has 1 amide bonds. The van der Waals surface area contributed by atoms with Crippen LogP contribution in [0.1, 0.15) is 21.7 Å². The number of thiazole rings is 1. The predicted molar refractivity (Wildman–Crippen MR) is 99.1 cm³/mol. The summed E-state index contributed by atoms with van der Waals surface area (Å²) in [5, 5.41) is 7.88. The van der Waals surface area contributed by atoms with E-state index in [0.29, 0.717) is 11.4 Å². The summed E-state index contributed by atoms with van der Waals surface area (Å²) in [5.74, 6) is -0.0723. The molecule has 2 heterocycles. The molecule has 1 aromatic carbocycles. The second kappa shape index (κ2) is 7.72. The summed E-state index contributed by atoms with van der Waals surface area (Å²) < 4.78 is 2.80. The maximum atomic E-state index is 12.2. The Morgan fingerprint density at radius 3 is 3.00 bits per heavy atom. The Hall–Kier alpha value is -1.99. The van der Waals surface area contributed by atoms with Crippen molar-refractivity contribution in [1.29, 1.82) is 0 Å². The number of carbonyl (C=O) groups is 1. The Morgan fingerprint density at radius 2 is 2.25 bits per heavy atom. The SMILES string of the molecule is Cn1cc(-c2ncc(C(=O)NCCCc3cccc(Br)c3)s2)cn1. The average molecular weight is 405 g/mol. The number of carbonyl (C=O) groups excluding carboxylic acids is 1. The summed E-state index contributed by atoms with van der Waals surface area (Å²) >= 11 is 4.85. The molecule has 7 heteroatoms. The van der Waals surface area contributed by atoms with Crippen LogP contribution in [0.3, 0.4) is 0 Å². The number of aromatic nitrogens is 3. The fourth-order valence-corrected chi connectivity index (χ4v) is 3.57. The highest BCUT2D eigenvalue weighted by Crippen LogP contribution is 2.24. The Morgan fingerprint density at radius 1 is 1.38 bits per heavy atom. The van der Waals surface area contributed by atoms with E-state index >= 15 is 0 Å². The summed E-state index contributed by atoms with van der Waals surface area (Å²) in [6.07, 6.45) is 7.09. The second-order valence-corrected chi connectivity index (χ2v) is 7.37. The van der Waals surface area contributed by atoms with E-state index < -0.39 is 0 Å². The number of nitrogens with zero attached hydrogens (tertiary/aromatic N) is 3. The van der Waals surface area contributed by atoms with E-state index in [4.69, 9.17) is 0 Å². The van der Waals surface area contributed by atoms with Gasteiger partial charge in [0.15, 0.2) is 0 Å². The minimum Gasteiger partial charge on any atom is -0.351 e. The lowest BCUT2D eigenvalue weighted by molar-refractivity contribution is 0.0957. The van der Waals surface area contributed by atoms with Gasteiger partial charge < -0.3 is 5.32 Å². The molecule has 0 saturated carbocycles. The molecule has 1 N–H and O–H groups in total. The summed E-state index contributed by atoms with van der Waals surface area (Å²) in [4.78, 5) is 17.1. The van der Waals surface area contributed by atoms with E-state index in [-0.39, 0.29) is 5.91 Å². The van der Waals surface area contributed by atoms with Gasteiger partial charge in [-0.3, -0.25) is 9.48 Å². The third kappa shape index (κ3) is 4.30. The first-order valence-electron chi connectivity index (χ1n) is 7.59. The monoisotopic (exact) mass is 404 g/mol. The quantitative estimate of drug-likeness (QED) is 0.637. The minimum absolute atomic E-state index is 0.0723. The van der Waals surface area contributed by atoms with Gasteiger partial charge >= 0.3 is 0 Å². The van der Waals surface area contributed by atoms with Gasteiger partial charge in [-0.1, -0.05) is 28.1 Å². The highest BCUT2D eigenvalue weighted by molar-refractivity contribution is 9.10. The van der Waals surface area contributed by atoms with Crippen LogP contribution in [-0.4, -0.2) is 27.2 Å². The predicted octanol–water partition coefficient (Wildman–Crippen LogP) is 3.67. The highest BCUT2D eigenvalue weighted by atomic mass is 79.9. The maximum Gasteiger partial charge on any atom is 0.263 e. The smallest absolute Gasteiger partial charge is 0.263 e. The van der Waals surface area contributed by atoms with Crippen LogP contribution in [0.2, 0.25) is 0 Å². The van der Waals surface area contributed by atoms with Crippen LogP contribution in [0.5, 0.6) is 0 Å². The Labute approximate surface area is 152 Å². The molecule has 0 bridgehead atoms. The number of rotatable bonds is 6. The first kappa shape index (κ1) is 16.9. The largest absolute Gasteiger partial charge is 0.351 e. The van der Waals surface area contributed by atoms with Crippen molar-refractivity contribution in [3.8, 4) is 10.6 Å². The van der Waals surface area contributed by atoms with Gasteiger partial charge in [0.1, 0.15) is 9.88 Å². The third-order valence-electron chi connectivity index (χ3n) is 3.50. The molecule has 0 saturated heterocycles. The molecule has 124 valence electrons. The van der Waals surface area contributed by atoms with Gasteiger partial charge in [-0.25, -0.2) is 4.98 Å². The van der Waals surface area contributed by atoms with E-state index in [9.17, 15) is 4.79 Å². The molecule has 2 aromatic heterocycles. The lowest BCUT2D eigenvalue weighted by Gasteiger charge is -2.04. The second-order valence-electron chi connectivity index (χ2n) is 5.42. The van der Waals surface area contributed by atoms with E-state index in [1.165, 1.54) is 16.9 Å². The van der Waals surface area contributed by atoms with Gasteiger partial charge in [-0.05, 0) is 30.5 Å². The molecule has 0 atom stereocenters. The standard InChI is InChI=1S/C17H17BrN4OS/c1-22-11-13(9-21-22)17-20-10-15(24-17)16(23)19-7-3-5-12-4-2-6-14(18)8-12/h2,4,6,8-11H,3,5,7H2,1H3,(H,19,23). The van der Waals surface area contributed by atoms with Crippen LogP contribution >= 0.6 is 27.3 Å². The van der Waals surface area contributed by atoms with Crippen molar-refractivity contribution in [1.82, 2.24) is 20.1 Å². The zero-order chi connectivity index (χ0) is 16.9. The van der Waals surface area contributed by atoms with Crippen LogP contribution in [0.25, 0.3) is 10.6 Å². The van der Waals surface area contributed by atoms with Crippen molar-refractivity contribution in [3.63, 3.8) is 0 Å². The van der Waals surface area contributed by atoms with Crippen LogP contribution in [0.4, 0.5) is 0 Å². The summed E-state index contributed by atoms with van der Waals surface area (Å²) in [7, 11) is 1.86. The Balaban J connectivity index is 1.49. The minimum atomic E-state index is -0.0723. The van der Waals surface area contributed by atoms with E-state index in [1.54, 1.807) is 17.1 Å². The van der Waals surface area contributed by atoms with Gasteiger partial charge in [0.05, 0.1) is 12.4 Å². The molecule has 0 spiro atoms. The molecule has 0 unspecified atom stereocenters. The van der Waals surface area contributed by atoms with Gasteiger partial charge in [0, 0.05) is 29.8 Å². The number of halogens is 1. The fourth-order valence-electron chi connectivity index (χ4n) is 2.32. The number of aryl methyl sites for hydroxylation is 2. The first-order chi connectivity index (χ1) is 11.6. The summed E-state index contributed by atoms with van der Waals surface area (Å²) in [6, 6.07) is 8.23. The number of hydrogen-bond acceptors (Lipinski definition) is 4. The molecule has 0 radical (unpaired) electrons. The molecular formula is C17H17BrN4OS. The van der Waals surface area contributed by atoms with Crippen molar-refractivity contribution in [2.45, 2.75) is 12.8 Å². The van der Waals surface area contributed by atoms with E-state index in [0.717, 1.165) is 27.9 Å². The van der Waals surface area contributed by atoms with Crippen LogP contribution < -0.4 is 5.32 Å². The normalized spacial score (nSPS) is 10.8. The molecule has 0 aliphatic rings. The molecule has 24 heavy (non-hydrogen) atoms. The summed E-state index contributed by atoms with van der Waals surface area (Å²) in [5.41, 5.74) is 2.19. The molecule has 5 nitrogen and oxygen atoms in total. The Kier molecular flexibility index (Phi) is 5.42. The number of amides is 1. The van der Waals surface area contributed by atoms with Crippen molar-refractivity contribution in [2.75, 3.05) is 6.54 Å². The van der Waals surface area contributed by atoms with Gasteiger partial charge in [0.2, 0.25) is 0 Å². The van der Waals surface area contributed by atoms with Crippen molar-refractivity contribution < 1.29 is 4.79 Å². The molecule has 0 fully saturated rings. The van der Waals surface area contributed by atoms with Crippen molar-refractivity contribution in [3.05, 3.63) is 57.8 Å². The lowest BCUT2D eigenvalue weighted by Crippen LogP contribution is -2.23. The number of hydrogen-bond donors (Lipinski definition) is 1. The van der Waals surface area contributed by atoms with E-state index in [2.05, 4.69) is 43.5 Å². The summed E-state index contributed by atoms with van der Waals surface area (Å²) in [6.45, 7) is 0.644. The topological polar surface area (TPSA) is 59.8 Å². The first-order valence-corrected chi connectivity index (χ1v) is 9.20. The third-order valence-corrected chi connectivity index (χ3v) is 5.04. The molecule has 0 aliphatic heterocycles. The molecule has 3 aromatic rings. The lowest BCUT2D eigenvalue weighted by atomic mass is 10.1. The van der Waals surface area contributed by atoms with Crippen molar-refractivity contribution >= 4 is 33.2 Å². The highest BCUT2D eigenvalue weighted by Gasteiger charge is 2.12. The molecular weight excluding hydrogens is 388 g/mol. The van der Waals surface area contributed by atoms with Gasteiger partial charge in [-0.2, -0.15) is 5.10 Å². The maximum absolute atomic E-state index is 12.2. The average Bonchev–Trinajstić information content (AvgIpc) is 3.20. The zero-order valence-electron chi connectivity index (χ0n) is 13.2. The number of benzene rings is 1. The van der Waals surface area contributed by atoms with Crippen LogP contribution in [-0.2, 0) is 13.5 Å². The fraction of sp³-hybridized carbons (Fsp3) is 0.235. The Bertz CT molecular complexity index is 842. The zero-order valence-corrected chi connectivity index (χ0v) is 15.6. The van der Waals surface area contributed by atoms with Crippen LogP contribution in [0.15, 0.2) is 47.3 Å². The van der Waals surface area contributed by atoms with Crippen LogP contribution in [0, 0.1) is 0 Å². The van der Waals surface area contributed by atoms with Gasteiger partial charge in [-0.15, -0.1) is 11.3 Å². The molecule has 3 rings (SSSR count). The number of nitrogens with one attached hydrogen (secondary N) is 1. The van der Waals surface area contributed by atoms with Gasteiger partial charge in [0.25, 0.3) is 5.91 Å².